The number of nitrogens with zero attached hydrogens (tertiary/aromatic N) is 2. The van der Waals surface area contributed by atoms with E-state index in [-0.39, 0.29) is 16.4 Å². The van der Waals surface area contributed by atoms with Crippen molar-refractivity contribution in [2.24, 2.45) is 0 Å². The Morgan fingerprint density at radius 1 is 1.69 bits per heavy atom. The van der Waals surface area contributed by atoms with E-state index in [1.165, 1.54) is 19.3 Å². The van der Waals surface area contributed by atoms with E-state index in [1.54, 1.807) is 0 Å². The zero-order chi connectivity index (χ0) is 12.1. The van der Waals surface area contributed by atoms with Crippen LogP contribution in [0.2, 0.25) is 5.15 Å². The molecular weight excluding hydrogens is 236 g/mol. The summed E-state index contributed by atoms with van der Waals surface area (Å²) < 4.78 is 4.37. The quantitative estimate of drug-likeness (QED) is 0.265. The molecule has 1 aromatic rings. The van der Waals surface area contributed by atoms with Gasteiger partial charge < -0.3 is 4.74 Å². The Labute approximate surface area is 95.7 Å². The predicted octanol–water partition coefficient (Wildman–Crippen LogP) is 1.83. The summed E-state index contributed by atoms with van der Waals surface area (Å²) >= 11 is 5.69. The normalized spacial score (nSPS) is 10.4. The van der Waals surface area contributed by atoms with Crippen LogP contribution in [0.1, 0.15) is 5.56 Å². The van der Waals surface area contributed by atoms with Crippen LogP contribution >= 0.6 is 11.6 Å². The van der Waals surface area contributed by atoms with Gasteiger partial charge in [0.2, 0.25) is 0 Å². The van der Waals surface area contributed by atoms with Gasteiger partial charge in [0, 0.05) is 17.7 Å². The summed E-state index contributed by atoms with van der Waals surface area (Å²) in [6.45, 7) is 0. The van der Waals surface area contributed by atoms with Crippen LogP contribution in [0.5, 0.6) is 0 Å². The lowest BCUT2D eigenvalue weighted by Gasteiger charge is -1.97. The van der Waals surface area contributed by atoms with Gasteiger partial charge in [-0.2, -0.15) is 0 Å². The van der Waals surface area contributed by atoms with Crippen molar-refractivity contribution < 1.29 is 14.5 Å². The number of carbonyl (C=O) groups is 1. The van der Waals surface area contributed by atoms with Crippen LogP contribution < -0.4 is 0 Å². The molecule has 0 aliphatic rings. The number of rotatable bonds is 3. The van der Waals surface area contributed by atoms with E-state index in [0.29, 0.717) is 0 Å². The fraction of sp³-hybridized carbons (Fsp3) is 0.111. The smallest absolute Gasteiger partial charge is 0.330 e. The van der Waals surface area contributed by atoms with Crippen LogP contribution in [0.3, 0.4) is 0 Å². The largest absolute Gasteiger partial charge is 0.466 e. The Hall–Kier alpha value is -1.95. The van der Waals surface area contributed by atoms with E-state index < -0.39 is 10.9 Å². The second-order valence-electron chi connectivity index (χ2n) is 2.69. The topological polar surface area (TPSA) is 82.3 Å². The van der Waals surface area contributed by atoms with E-state index in [1.807, 2.05) is 0 Å². The molecule has 0 spiro atoms. The summed E-state index contributed by atoms with van der Waals surface area (Å²) in [7, 11) is 1.22. The van der Waals surface area contributed by atoms with E-state index in [4.69, 9.17) is 11.6 Å². The maximum absolute atomic E-state index is 10.8. The van der Waals surface area contributed by atoms with Crippen molar-refractivity contribution in [3.63, 3.8) is 0 Å². The van der Waals surface area contributed by atoms with Crippen LogP contribution in [-0.4, -0.2) is 23.0 Å². The van der Waals surface area contributed by atoms with Crippen molar-refractivity contribution in [1.29, 1.82) is 0 Å². The van der Waals surface area contributed by atoms with Gasteiger partial charge in [-0.3, -0.25) is 10.1 Å². The molecule has 0 aliphatic heterocycles. The van der Waals surface area contributed by atoms with Crippen molar-refractivity contribution in [2.75, 3.05) is 7.11 Å². The average molecular weight is 243 g/mol. The van der Waals surface area contributed by atoms with E-state index in [9.17, 15) is 14.9 Å². The molecule has 84 valence electrons. The second kappa shape index (κ2) is 5.22. The third-order valence-corrected chi connectivity index (χ3v) is 1.98. The van der Waals surface area contributed by atoms with Crippen molar-refractivity contribution in [1.82, 2.24) is 4.98 Å². The summed E-state index contributed by atoms with van der Waals surface area (Å²) in [4.78, 5) is 24.3. The summed E-state index contributed by atoms with van der Waals surface area (Å²) in [5, 5.41) is 10.5. The number of aromatic nitrogens is 1. The first-order valence-electron chi connectivity index (χ1n) is 4.10. The minimum absolute atomic E-state index is 0.0748. The van der Waals surface area contributed by atoms with Gasteiger partial charge >= 0.3 is 5.97 Å². The minimum atomic E-state index is -0.598. The van der Waals surface area contributed by atoms with Gasteiger partial charge in [-0.15, -0.1) is 0 Å². The molecule has 0 saturated heterocycles. The summed E-state index contributed by atoms with van der Waals surface area (Å²) in [5.74, 6) is -0.581. The zero-order valence-electron chi connectivity index (χ0n) is 8.21. The number of carbonyl (C=O) groups excluding carboxylic acids is 1. The van der Waals surface area contributed by atoms with E-state index in [0.717, 1.165) is 12.3 Å². The molecule has 0 aliphatic carbocycles. The van der Waals surface area contributed by atoms with Crippen LogP contribution in [-0.2, 0) is 9.53 Å². The Balaban J connectivity index is 3.03. The fourth-order valence-electron chi connectivity index (χ4n) is 0.896. The molecule has 1 rings (SSSR count). The SMILES string of the molecule is COC(=O)C=Cc1cc([N+](=O)[O-])cnc1Cl. The number of pyridine rings is 1. The number of nitro groups is 1. The number of hydrogen-bond donors (Lipinski definition) is 0. The van der Waals surface area contributed by atoms with Crippen LogP contribution in [0.4, 0.5) is 5.69 Å². The second-order valence-corrected chi connectivity index (χ2v) is 3.05. The van der Waals surface area contributed by atoms with Gasteiger partial charge in [0.15, 0.2) is 0 Å². The van der Waals surface area contributed by atoms with Gasteiger partial charge in [0.25, 0.3) is 5.69 Å². The van der Waals surface area contributed by atoms with Crippen molar-refractivity contribution in [3.05, 3.63) is 39.2 Å². The highest BCUT2D eigenvalue weighted by atomic mass is 35.5. The van der Waals surface area contributed by atoms with Crippen LogP contribution in [0, 0.1) is 10.1 Å². The lowest BCUT2D eigenvalue weighted by atomic mass is 10.2. The predicted molar refractivity (Wildman–Crippen MR) is 57.0 cm³/mol. The molecular formula is C9H7ClN2O4. The average Bonchev–Trinajstić information content (AvgIpc) is 2.27. The molecule has 0 unspecified atom stereocenters. The molecule has 0 atom stereocenters. The maximum Gasteiger partial charge on any atom is 0.330 e. The monoisotopic (exact) mass is 242 g/mol. The molecule has 0 fully saturated rings. The molecule has 0 N–H and O–H groups in total. The first kappa shape index (κ1) is 12.1. The molecule has 1 heterocycles. The van der Waals surface area contributed by atoms with Crippen molar-refractivity contribution >= 4 is 29.3 Å². The van der Waals surface area contributed by atoms with Crippen LogP contribution in [0.25, 0.3) is 6.08 Å². The molecule has 1 aromatic heterocycles. The van der Waals surface area contributed by atoms with Crippen molar-refractivity contribution in [3.8, 4) is 0 Å². The lowest BCUT2D eigenvalue weighted by Crippen LogP contribution is -1.94. The van der Waals surface area contributed by atoms with Gasteiger partial charge in [0.1, 0.15) is 11.3 Å². The fourth-order valence-corrected chi connectivity index (χ4v) is 1.06. The highest BCUT2D eigenvalue weighted by Gasteiger charge is 2.09. The Kier molecular flexibility index (Phi) is 3.96. The molecule has 16 heavy (non-hydrogen) atoms. The standard InChI is InChI=1S/C9H7ClN2O4/c1-16-8(13)3-2-6-4-7(12(14)15)5-11-9(6)10/h2-5H,1H3. The summed E-state index contributed by atoms with van der Waals surface area (Å²) in [5.41, 5.74) is 0.0789. The maximum atomic E-state index is 10.8. The van der Waals surface area contributed by atoms with E-state index in [2.05, 4.69) is 9.72 Å². The zero-order valence-corrected chi connectivity index (χ0v) is 8.97. The Bertz CT molecular complexity index is 459. The summed E-state index contributed by atoms with van der Waals surface area (Å²) in [6.07, 6.45) is 3.44. The molecule has 0 aromatic carbocycles. The Morgan fingerprint density at radius 2 is 2.38 bits per heavy atom. The lowest BCUT2D eigenvalue weighted by molar-refractivity contribution is -0.385. The third kappa shape index (κ3) is 3.03. The van der Waals surface area contributed by atoms with E-state index >= 15 is 0 Å². The first-order valence-corrected chi connectivity index (χ1v) is 4.48. The van der Waals surface area contributed by atoms with Crippen LogP contribution in [0.15, 0.2) is 18.3 Å². The number of esters is 1. The highest BCUT2D eigenvalue weighted by molar-refractivity contribution is 6.31. The van der Waals surface area contributed by atoms with Gasteiger partial charge in [0.05, 0.1) is 12.0 Å². The molecule has 6 nitrogen and oxygen atoms in total. The molecule has 7 heteroatoms. The minimum Gasteiger partial charge on any atom is -0.466 e. The van der Waals surface area contributed by atoms with Gasteiger partial charge in [-0.05, 0) is 6.08 Å². The first-order chi connectivity index (χ1) is 7.54. The highest BCUT2D eigenvalue weighted by Crippen LogP contribution is 2.20. The third-order valence-electron chi connectivity index (χ3n) is 1.66. The molecule has 0 radical (unpaired) electrons. The van der Waals surface area contributed by atoms with Gasteiger partial charge in [-0.1, -0.05) is 11.6 Å². The molecule has 0 bridgehead atoms. The molecule has 0 saturated carbocycles. The number of ether oxygens (including phenoxy) is 1. The molecule has 0 amide bonds. The summed E-state index contributed by atoms with van der Waals surface area (Å²) in [6, 6.07) is 1.22. The number of hydrogen-bond acceptors (Lipinski definition) is 5. The number of methoxy groups -OCH3 is 1. The Morgan fingerprint density at radius 3 is 2.94 bits per heavy atom. The van der Waals surface area contributed by atoms with Gasteiger partial charge in [-0.25, -0.2) is 9.78 Å². The number of halogens is 1. The van der Waals surface area contributed by atoms with Crippen molar-refractivity contribution in [2.45, 2.75) is 0 Å².